The second kappa shape index (κ2) is 6.72. The minimum absolute atomic E-state index is 0.221. The molecule has 0 radical (unpaired) electrons. The van der Waals surface area contributed by atoms with Crippen LogP contribution in [0.3, 0.4) is 0 Å². The molecule has 1 heterocycles. The number of carbonyl (C=O) groups is 1. The van der Waals surface area contributed by atoms with Crippen LogP contribution in [0.25, 0.3) is 0 Å². The van der Waals surface area contributed by atoms with E-state index in [1.807, 2.05) is 43.6 Å². The summed E-state index contributed by atoms with van der Waals surface area (Å²) in [5, 5.41) is 9.81. The molecule has 1 aromatic carbocycles. The Kier molecular flexibility index (Phi) is 4.73. The normalized spacial score (nSPS) is 10.3. The Morgan fingerprint density at radius 1 is 1.30 bits per heavy atom. The fourth-order valence-electron chi connectivity index (χ4n) is 1.80. The van der Waals surface area contributed by atoms with E-state index in [1.54, 1.807) is 4.68 Å². The summed E-state index contributed by atoms with van der Waals surface area (Å²) in [7, 11) is 1.87. The fraction of sp³-hybridized carbons (Fsp3) is 0.286. The summed E-state index contributed by atoms with van der Waals surface area (Å²) in [6.07, 6.45) is 2.59. The number of anilines is 1. The third-order valence-electron chi connectivity index (χ3n) is 2.88. The van der Waals surface area contributed by atoms with E-state index in [4.69, 9.17) is 5.73 Å². The summed E-state index contributed by atoms with van der Waals surface area (Å²) in [5.74, 6) is 0. The highest BCUT2D eigenvalue weighted by Gasteiger charge is 2.02. The minimum atomic E-state index is -0.221. The highest BCUT2D eigenvalue weighted by atomic mass is 16.2. The van der Waals surface area contributed by atoms with Crippen LogP contribution in [0.1, 0.15) is 11.3 Å². The number of benzene rings is 1. The van der Waals surface area contributed by atoms with E-state index in [1.165, 1.54) is 0 Å². The number of hydrogen-bond acceptors (Lipinski definition) is 3. The Balaban J connectivity index is 1.74. The molecule has 0 fully saturated rings. The van der Waals surface area contributed by atoms with Gasteiger partial charge in [-0.15, -0.1) is 0 Å². The van der Waals surface area contributed by atoms with Gasteiger partial charge in [-0.25, -0.2) is 4.79 Å². The quantitative estimate of drug-likeness (QED) is 0.766. The molecule has 0 spiro atoms. The van der Waals surface area contributed by atoms with Crippen molar-refractivity contribution in [3.63, 3.8) is 0 Å². The van der Waals surface area contributed by atoms with Crippen LogP contribution >= 0.6 is 0 Å². The molecule has 20 heavy (non-hydrogen) atoms. The van der Waals surface area contributed by atoms with Gasteiger partial charge in [-0.05, 0) is 23.8 Å². The lowest BCUT2D eigenvalue weighted by Crippen LogP contribution is -2.30. The second-order valence-corrected chi connectivity index (χ2v) is 4.51. The number of aromatic nitrogens is 2. The van der Waals surface area contributed by atoms with Crippen molar-refractivity contribution in [2.75, 3.05) is 11.9 Å². The largest absolute Gasteiger partial charge is 0.337 e. The number of hydrogen-bond donors (Lipinski definition) is 3. The van der Waals surface area contributed by atoms with Crippen molar-refractivity contribution in [2.24, 2.45) is 12.8 Å². The summed E-state index contributed by atoms with van der Waals surface area (Å²) in [4.78, 5) is 11.7. The molecule has 0 aliphatic rings. The van der Waals surface area contributed by atoms with Crippen LogP contribution in [0.4, 0.5) is 10.5 Å². The molecule has 0 saturated carbocycles. The van der Waals surface area contributed by atoms with Gasteiger partial charge < -0.3 is 16.4 Å². The van der Waals surface area contributed by atoms with Gasteiger partial charge in [0.2, 0.25) is 0 Å². The topological polar surface area (TPSA) is 85.0 Å². The van der Waals surface area contributed by atoms with Gasteiger partial charge in [0.05, 0.1) is 5.69 Å². The molecule has 0 saturated heterocycles. The molecule has 0 atom stereocenters. The number of nitrogens with zero attached hydrogens (tertiary/aromatic N) is 2. The van der Waals surface area contributed by atoms with Gasteiger partial charge >= 0.3 is 6.03 Å². The van der Waals surface area contributed by atoms with Crippen molar-refractivity contribution in [3.8, 4) is 0 Å². The molecule has 0 aliphatic carbocycles. The monoisotopic (exact) mass is 273 g/mol. The first-order valence-corrected chi connectivity index (χ1v) is 6.50. The SMILES string of the molecule is Cn1ccc(CCNC(=O)Nc2ccc(CN)cc2)n1. The molecule has 1 aromatic heterocycles. The first kappa shape index (κ1) is 14.1. The second-order valence-electron chi connectivity index (χ2n) is 4.51. The molecule has 2 rings (SSSR count). The standard InChI is InChI=1S/C14H19N5O/c1-19-9-7-13(18-19)6-8-16-14(20)17-12-4-2-11(10-15)3-5-12/h2-5,7,9H,6,8,10,15H2,1H3,(H2,16,17,20). The number of aryl methyl sites for hydroxylation is 1. The third kappa shape index (κ3) is 4.10. The van der Waals surface area contributed by atoms with E-state index in [-0.39, 0.29) is 6.03 Å². The van der Waals surface area contributed by atoms with Crippen LogP contribution in [-0.2, 0) is 20.0 Å². The fourth-order valence-corrected chi connectivity index (χ4v) is 1.80. The number of rotatable bonds is 5. The van der Waals surface area contributed by atoms with Gasteiger partial charge in [-0.1, -0.05) is 12.1 Å². The maximum Gasteiger partial charge on any atom is 0.319 e. The van der Waals surface area contributed by atoms with Crippen molar-refractivity contribution in [1.29, 1.82) is 0 Å². The molecule has 6 nitrogen and oxygen atoms in total. The van der Waals surface area contributed by atoms with Gasteiger partial charge in [0.1, 0.15) is 0 Å². The Labute approximate surface area is 118 Å². The van der Waals surface area contributed by atoms with Crippen molar-refractivity contribution in [3.05, 3.63) is 47.8 Å². The lowest BCUT2D eigenvalue weighted by atomic mass is 10.2. The van der Waals surface area contributed by atoms with Crippen LogP contribution in [0.15, 0.2) is 36.5 Å². The zero-order valence-corrected chi connectivity index (χ0v) is 11.5. The van der Waals surface area contributed by atoms with Gasteiger partial charge in [-0.3, -0.25) is 4.68 Å². The van der Waals surface area contributed by atoms with E-state index < -0.39 is 0 Å². The Hall–Kier alpha value is -2.34. The maximum absolute atomic E-state index is 11.7. The van der Waals surface area contributed by atoms with Crippen LogP contribution in [0, 0.1) is 0 Å². The number of nitrogens with two attached hydrogens (primary N) is 1. The predicted molar refractivity (Wildman–Crippen MR) is 78.3 cm³/mol. The van der Waals surface area contributed by atoms with Crippen LogP contribution in [-0.4, -0.2) is 22.4 Å². The van der Waals surface area contributed by atoms with Crippen LogP contribution < -0.4 is 16.4 Å². The first-order chi connectivity index (χ1) is 9.67. The maximum atomic E-state index is 11.7. The molecule has 0 aliphatic heterocycles. The predicted octanol–water partition coefficient (Wildman–Crippen LogP) is 1.24. The van der Waals surface area contributed by atoms with E-state index in [2.05, 4.69) is 15.7 Å². The summed E-state index contributed by atoms with van der Waals surface area (Å²) in [6, 6.07) is 9.17. The molecule has 106 valence electrons. The molecular weight excluding hydrogens is 254 g/mol. The summed E-state index contributed by atoms with van der Waals surface area (Å²) in [6.45, 7) is 1.04. The zero-order valence-electron chi connectivity index (χ0n) is 11.5. The number of urea groups is 1. The van der Waals surface area contributed by atoms with E-state index in [0.717, 1.165) is 16.9 Å². The van der Waals surface area contributed by atoms with Crippen LogP contribution in [0.2, 0.25) is 0 Å². The highest BCUT2D eigenvalue weighted by Crippen LogP contribution is 2.08. The van der Waals surface area contributed by atoms with Gasteiger partial charge in [-0.2, -0.15) is 5.10 Å². The first-order valence-electron chi connectivity index (χ1n) is 6.50. The Morgan fingerprint density at radius 3 is 2.65 bits per heavy atom. The zero-order chi connectivity index (χ0) is 14.4. The van der Waals surface area contributed by atoms with Gasteiger partial charge in [0.15, 0.2) is 0 Å². The van der Waals surface area contributed by atoms with Crippen molar-refractivity contribution >= 4 is 11.7 Å². The van der Waals surface area contributed by atoms with E-state index >= 15 is 0 Å². The van der Waals surface area contributed by atoms with Crippen molar-refractivity contribution < 1.29 is 4.79 Å². The van der Waals surface area contributed by atoms with Crippen LogP contribution in [0.5, 0.6) is 0 Å². The van der Waals surface area contributed by atoms with E-state index in [9.17, 15) is 4.79 Å². The van der Waals surface area contributed by atoms with Crippen molar-refractivity contribution in [2.45, 2.75) is 13.0 Å². The number of amides is 2. The highest BCUT2D eigenvalue weighted by molar-refractivity contribution is 5.89. The minimum Gasteiger partial charge on any atom is -0.337 e. The average molecular weight is 273 g/mol. The smallest absolute Gasteiger partial charge is 0.319 e. The Morgan fingerprint density at radius 2 is 2.05 bits per heavy atom. The molecule has 0 bridgehead atoms. The number of nitrogens with one attached hydrogen (secondary N) is 2. The van der Waals surface area contributed by atoms with Gasteiger partial charge in [0, 0.05) is 38.4 Å². The van der Waals surface area contributed by atoms with Gasteiger partial charge in [0.25, 0.3) is 0 Å². The third-order valence-corrected chi connectivity index (χ3v) is 2.88. The molecule has 4 N–H and O–H groups in total. The molecular formula is C14H19N5O. The molecule has 2 aromatic rings. The molecule has 2 amide bonds. The lowest BCUT2D eigenvalue weighted by molar-refractivity contribution is 0.252. The van der Waals surface area contributed by atoms with Crippen molar-refractivity contribution in [1.82, 2.24) is 15.1 Å². The molecule has 6 heteroatoms. The summed E-state index contributed by atoms with van der Waals surface area (Å²) in [5.41, 5.74) is 8.26. The van der Waals surface area contributed by atoms with E-state index in [0.29, 0.717) is 19.5 Å². The summed E-state index contributed by atoms with van der Waals surface area (Å²) < 4.78 is 1.74. The number of carbonyl (C=O) groups excluding carboxylic acids is 1. The Bertz CT molecular complexity index is 561. The summed E-state index contributed by atoms with van der Waals surface area (Å²) >= 11 is 0. The average Bonchev–Trinajstić information content (AvgIpc) is 2.85. The molecule has 0 unspecified atom stereocenters. The lowest BCUT2D eigenvalue weighted by Gasteiger charge is -2.07.